The fraction of sp³-hybridized carbons (Fsp3) is 0.625. The molecule has 2 rings (SSSR count). The van der Waals surface area contributed by atoms with E-state index in [0.717, 1.165) is 31.4 Å². The van der Waals surface area contributed by atoms with Crippen LogP contribution in [0.3, 0.4) is 0 Å². The Morgan fingerprint density at radius 3 is 2.58 bits per heavy atom. The SMILES string of the molecule is CNCc1ccc(OCCCCCNC2CC2)cc1. The molecule has 2 N–H and O–H groups in total. The third-order valence-electron chi connectivity index (χ3n) is 3.40. The highest BCUT2D eigenvalue weighted by atomic mass is 16.5. The minimum Gasteiger partial charge on any atom is -0.494 e. The molecule has 1 aliphatic rings. The molecule has 0 spiro atoms. The number of ether oxygens (including phenoxy) is 1. The van der Waals surface area contributed by atoms with Gasteiger partial charge in [0.25, 0.3) is 0 Å². The van der Waals surface area contributed by atoms with E-state index < -0.39 is 0 Å². The fourth-order valence-electron chi connectivity index (χ4n) is 2.10. The highest BCUT2D eigenvalue weighted by Crippen LogP contribution is 2.18. The van der Waals surface area contributed by atoms with Crippen LogP contribution in [0.15, 0.2) is 24.3 Å². The molecule has 0 radical (unpaired) electrons. The summed E-state index contributed by atoms with van der Waals surface area (Å²) in [4.78, 5) is 0. The van der Waals surface area contributed by atoms with Crippen molar-refractivity contribution in [2.45, 2.75) is 44.7 Å². The Labute approximate surface area is 116 Å². The van der Waals surface area contributed by atoms with E-state index in [1.54, 1.807) is 0 Å². The van der Waals surface area contributed by atoms with Crippen molar-refractivity contribution >= 4 is 0 Å². The van der Waals surface area contributed by atoms with E-state index >= 15 is 0 Å². The molecule has 0 atom stereocenters. The van der Waals surface area contributed by atoms with Gasteiger partial charge in [0.15, 0.2) is 0 Å². The van der Waals surface area contributed by atoms with Gasteiger partial charge < -0.3 is 15.4 Å². The summed E-state index contributed by atoms with van der Waals surface area (Å²) in [6.07, 6.45) is 6.42. The normalized spacial score (nSPS) is 14.6. The van der Waals surface area contributed by atoms with Crippen LogP contribution in [0.5, 0.6) is 5.75 Å². The van der Waals surface area contributed by atoms with Crippen LogP contribution in [0.1, 0.15) is 37.7 Å². The zero-order chi connectivity index (χ0) is 13.3. The van der Waals surface area contributed by atoms with Gasteiger partial charge in [-0.05, 0) is 63.4 Å². The zero-order valence-corrected chi connectivity index (χ0v) is 12.0. The highest BCUT2D eigenvalue weighted by Gasteiger charge is 2.19. The van der Waals surface area contributed by atoms with Gasteiger partial charge in [0.2, 0.25) is 0 Å². The first kappa shape index (κ1) is 14.4. The largest absolute Gasteiger partial charge is 0.494 e. The van der Waals surface area contributed by atoms with Crippen LogP contribution in [-0.4, -0.2) is 26.2 Å². The molecule has 19 heavy (non-hydrogen) atoms. The van der Waals surface area contributed by atoms with E-state index in [0.29, 0.717) is 0 Å². The molecule has 0 aliphatic heterocycles. The summed E-state index contributed by atoms with van der Waals surface area (Å²) >= 11 is 0. The van der Waals surface area contributed by atoms with Gasteiger partial charge in [0, 0.05) is 12.6 Å². The Bertz CT molecular complexity index is 346. The Morgan fingerprint density at radius 2 is 1.89 bits per heavy atom. The minimum atomic E-state index is 0.828. The number of hydrogen-bond donors (Lipinski definition) is 2. The molecule has 1 aromatic carbocycles. The van der Waals surface area contributed by atoms with Crippen LogP contribution in [0, 0.1) is 0 Å². The van der Waals surface area contributed by atoms with Crippen LogP contribution in [0.25, 0.3) is 0 Å². The number of hydrogen-bond acceptors (Lipinski definition) is 3. The van der Waals surface area contributed by atoms with Crippen molar-refractivity contribution in [2.24, 2.45) is 0 Å². The smallest absolute Gasteiger partial charge is 0.119 e. The lowest BCUT2D eigenvalue weighted by molar-refractivity contribution is 0.305. The molecule has 1 saturated carbocycles. The summed E-state index contributed by atoms with van der Waals surface area (Å²) < 4.78 is 5.74. The second-order valence-electron chi connectivity index (χ2n) is 5.31. The molecule has 1 aromatic rings. The quantitative estimate of drug-likeness (QED) is 0.636. The van der Waals surface area contributed by atoms with Crippen molar-refractivity contribution in [2.75, 3.05) is 20.2 Å². The second-order valence-corrected chi connectivity index (χ2v) is 5.31. The van der Waals surface area contributed by atoms with Gasteiger partial charge in [0.1, 0.15) is 5.75 Å². The summed E-state index contributed by atoms with van der Waals surface area (Å²) in [6.45, 7) is 2.91. The molecule has 1 fully saturated rings. The Morgan fingerprint density at radius 1 is 1.11 bits per heavy atom. The van der Waals surface area contributed by atoms with Gasteiger partial charge in [-0.3, -0.25) is 0 Å². The molecule has 1 aliphatic carbocycles. The molecule has 3 heteroatoms. The summed E-state index contributed by atoms with van der Waals surface area (Å²) in [6, 6.07) is 9.19. The van der Waals surface area contributed by atoms with Gasteiger partial charge in [-0.25, -0.2) is 0 Å². The molecule has 0 unspecified atom stereocenters. The Kier molecular flexibility index (Phi) is 6.18. The van der Waals surface area contributed by atoms with Gasteiger partial charge in [-0.15, -0.1) is 0 Å². The second kappa shape index (κ2) is 8.18. The van der Waals surface area contributed by atoms with Crippen molar-refractivity contribution in [3.63, 3.8) is 0 Å². The lowest BCUT2D eigenvalue weighted by Crippen LogP contribution is -2.17. The van der Waals surface area contributed by atoms with Crippen molar-refractivity contribution in [1.82, 2.24) is 10.6 Å². The van der Waals surface area contributed by atoms with Crippen LogP contribution in [0.4, 0.5) is 0 Å². The lowest BCUT2D eigenvalue weighted by atomic mass is 10.2. The van der Waals surface area contributed by atoms with Crippen LogP contribution >= 0.6 is 0 Å². The molecule has 3 nitrogen and oxygen atoms in total. The van der Waals surface area contributed by atoms with E-state index in [4.69, 9.17) is 4.74 Å². The first-order valence-electron chi connectivity index (χ1n) is 7.48. The lowest BCUT2D eigenvalue weighted by Gasteiger charge is -2.07. The van der Waals surface area contributed by atoms with E-state index in [1.165, 1.54) is 37.8 Å². The zero-order valence-electron chi connectivity index (χ0n) is 12.0. The topological polar surface area (TPSA) is 33.3 Å². The number of nitrogens with one attached hydrogen (secondary N) is 2. The van der Waals surface area contributed by atoms with Crippen molar-refractivity contribution in [3.05, 3.63) is 29.8 Å². The Hall–Kier alpha value is -1.06. The highest BCUT2D eigenvalue weighted by molar-refractivity contribution is 5.27. The van der Waals surface area contributed by atoms with Gasteiger partial charge in [-0.2, -0.15) is 0 Å². The van der Waals surface area contributed by atoms with Crippen molar-refractivity contribution in [1.29, 1.82) is 0 Å². The predicted molar refractivity (Wildman–Crippen MR) is 79.6 cm³/mol. The maximum absolute atomic E-state index is 5.74. The third kappa shape index (κ3) is 6.08. The molecule has 0 amide bonds. The summed E-state index contributed by atoms with van der Waals surface area (Å²) in [5, 5.41) is 6.68. The van der Waals surface area contributed by atoms with Crippen LogP contribution in [-0.2, 0) is 6.54 Å². The van der Waals surface area contributed by atoms with E-state index in [-0.39, 0.29) is 0 Å². The van der Waals surface area contributed by atoms with E-state index in [1.807, 2.05) is 7.05 Å². The molecule has 0 heterocycles. The van der Waals surface area contributed by atoms with Crippen molar-refractivity contribution in [3.8, 4) is 5.75 Å². The molecular formula is C16H26N2O. The maximum atomic E-state index is 5.74. The number of rotatable bonds is 10. The average molecular weight is 262 g/mol. The number of unbranched alkanes of at least 4 members (excludes halogenated alkanes) is 2. The standard InChI is InChI=1S/C16H26N2O/c1-17-13-14-5-9-16(10-6-14)19-12-4-2-3-11-18-15-7-8-15/h5-6,9-10,15,17-18H,2-4,7-8,11-13H2,1H3. The number of benzene rings is 1. The fourth-order valence-corrected chi connectivity index (χ4v) is 2.10. The predicted octanol–water partition coefficient (Wildman–Crippen LogP) is 2.71. The monoisotopic (exact) mass is 262 g/mol. The van der Waals surface area contributed by atoms with Crippen LogP contribution in [0.2, 0.25) is 0 Å². The minimum absolute atomic E-state index is 0.828. The summed E-state index contributed by atoms with van der Waals surface area (Å²) in [5.74, 6) is 0.982. The van der Waals surface area contributed by atoms with Crippen molar-refractivity contribution < 1.29 is 4.74 Å². The molecule has 0 aromatic heterocycles. The summed E-state index contributed by atoms with van der Waals surface area (Å²) in [7, 11) is 1.96. The van der Waals surface area contributed by atoms with Gasteiger partial charge in [0.05, 0.1) is 6.61 Å². The van der Waals surface area contributed by atoms with Gasteiger partial charge in [-0.1, -0.05) is 12.1 Å². The average Bonchev–Trinajstić information content (AvgIpc) is 3.24. The van der Waals surface area contributed by atoms with E-state index in [9.17, 15) is 0 Å². The third-order valence-corrected chi connectivity index (χ3v) is 3.40. The summed E-state index contributed by atoms with van der Waals surface area (Å²) in [5.41, 5.74) is 1.29. The van der Waals surface area contributed by atoms with Crippen LogP contribution < -0.4 is 15.4 Å². The Balaban J connectivity index is 1.49. The molecular weight excluding hydrogens is 236 g/mol. The van der Waals surface area contributed by atoms with Gasteiger partial charge >= 0.3 is 0 Å². The van der Waals surface area contributed by atoms with E-state index in [2.05, 4.69) is 34.9 Å². The first-order chi connectivity index (χ1) is 9.38. The molecule has 0 bridgehead atoms. The molecule has 0 saturated heterocycles. The first-order valence-corrected chi connectivity index (χ1v) is 7.48. The maximum Gasteiger partial charge on any atom is 0.119 e. The molecule has 106 valence electrons.